The molecule has 2 aliphatic rings. The summed E-state index contributed by atoms with van der Waals surface area (Å²) >= 11 is 0. The molecule has 110 valence electrons. The molecule has 0 saturated carbocycles. The first-order valence-electron chi connectivity index (χ1n) is 6.88. The lowest BCUT2D eigenvalue weighted by atomic mass is 10.2. The number of nitrogens with zero attached hydrogens (tertiary/aromatic N) is 1. The summed E-state index contributed by atoms with van der Waals surface area (Å²) in [5.41, 5.74) is 0. The second kappa shape index (κ2) is 5.26. The standard InChI is InChI=1S/C14H19NO4S/c1-20(16,17)12-4-5-13-14(8-12)19-11(10-18-13)9-15-6-2-3-7-15/h4-5,8,11H,2-3,6-7,9-10H2,1H3/t11-/m1/s1. The quantitative estimate of drug-likeness (QED) is 0.842. The van der Waals surface area contributed by atoms with Crippen molar-refractivity contribution in [3.63, 3.8) is 0 Å². The summed E-state index contributed by atoms with van der Waals surface area (Å²) in [4.78, 5) is 2.63. The van der Waals surface area contributed by atoms with E-state index in [2.05, 4.69) is 4.90 Å². The van der Waals surface area contributed by atoms with Gasteiger partial charge in [0.2, 0.25) is 0 Å². The Labute approximate surface area is 119 Å². The lowest BCUT2D eigenvalue weighted by Gasteiger charge is -2.29. The molecule has 2 aliphatic heterocycles. The van der Waals surface area contributed by atoms with E-state index in [-0.39, 0.29) is 11.0 Å². The van der Waals surface area contributed by atoms with Crippen LogP contribution in [0.15, 0.2) is 23.1 Å². The van der Waals surface area contributed by atoms with Crippen LogP contribution in [0, 0.1) is 0 Å². The zero-order valence-corrected chi connectivity index (χ0v) is 12.4. The molecule has 3 rings (SSSR count). The minimum Gasteiger partial charge on any atom is -0.486 e. The van der Waals surface area contributed by atoms with Gasteiger partial charge in [-0.3, -0.25) is 4.90 Å². The lowest BCUT2D eigenvalue weighted by molar-refractivity contribution is 0.0647. The minimum atomic E-state index is -3.22. The van der Waals surface area contributed by atoms with Gasteiger partial charge in [0, 0.05) is 18.9 Å². The zero-order chi connectivity index (χ0) is 14.2. The summed E-state index contributed by atoms with van der Waals surface area (Å²) in [6.45, 7) is 3.57. The van der Waals surface area contributed by atoms with E-state index in [0.29, 0.717) is 18.1 Å². The smallest absolute Gasteiger partial charge is 0.175 e. The van der Waals surface area contributed by atoms with Crippen molar-refractivity contribution in [2.24, 2.45) is 0 Å². The van der Waals surface area contributed by atoms with Gasteiger partial charge in [-0.15, -0.1) is 0 Å². The van der Waals surface area contributed by atoms with Crippen LogP contribution in [0.25, 0.3) is 0 Å². The van der Waals surface area contributed by atoms with Crippen LogP contribution in [0.2, 0.25) is 0 Å². The van der Waals surface area contributed by atoms with Gasteiger partial charge in [-0.1, -0.05) is 0 Å². The van der Waals surface area contributed by atoms with Gasteiger partial charge in [-0.25, -0.2) is 8.42 Å². The molecule has 0 aliphatic carbocycles. The maximum Gasteiger partial charge on any atom is 0.175 e. The van der Waals surface area contributed by atoms with Crippen molar-refractivity contribution in [1.29, 1.82) is 0 Å². The van der Waals surface area contributed by atoms with Crippen LogP contribution >= 0.6 is 0 Å². The molecular weight excluding hydrogens is 278 g/mol. The number of fused-ring (bicyclic) bond motifs is 1. The van der Waals surface area contributed by atoms with Gasteiger partial charge in [0.15, 0.2) is 21.3 Å². The number of rotatable bonds is 3. The molecule has 0 radical (unpaired) electrons. The van der Waals surface area contributed by atoms with Crippen LogP contribution in [0.4, 0.5) is 0 Å². The maximum atomic E-state index is 11.6. The van der Waals surface area contributed by atoms with E-state index in [9.17, 15) is 8.42 Å². The number of hydrogen-bond donors (Lipinski definition) is 0. The number of hydrogen-bond acceptors (Lipinski definition) is 5. The van der Waals surface area contributed by atoms with Crippen molar-refractivity contribution in [1.82, 2.24) is 4.90 Å². The third-order valence-corrected chi connectivity index (χ3v) is 4.83. The lowest BCUT2D eigenvalue weighted by Crippen LogP contribution is -2.39. The fourth-order valence-electron chi connectivity index (χ4n) is 2.67. The van der Waals surface area contributed by atoms with Crippen LogP contribution in [0.3, 0.4) is 0 Å². The third kappa shape index (κ3) is 2.91. The fraction of sp³-hybridized carbons (Fsp3) is 0.571. The average Bonchev–Trinajstić information content (AvgIpc) is 2.90. The molecule has 2 heterocycles. The average molecular weight is 297 g/mol. The van der Waals surface area contributed by atoms with E-state index in [1.54, 1.807) is 18.2 Å². The molecule has 1 fully saturated rings. The predicted molar refractivity (Wildman–Crippen MR) is 75.1 cm³/mol. The largest absolute Gasteiger partial charge is 0.486 e. The molecule has 1 aromatic carbocycles. The summed E-state index contributed by atoms with van der Waals surface area (Å²) in [5.74, 6) is 1.15. The second-order valence-electron chi connectivity index (χ2n) is 5.44. The molecule has 0 amide bonds. The van der Waals surface area contributed by atoms with Crippen molar-refractivity contribution in [2.45, 2.75) is 23.8 Å². The Hall–Kier alpha value is -1.27. The van der Waals surface area contributed by atoms with Gasteiger partial charge in [0.05, 0.1) is 4.90 Å². The summed E-state index contributed by atoms with van der Waals surface area (Å²) < 4.78 is 34.7. The van der Waals surface area contributed by atoms with E-state index in [0.717, 1.165) is 19.6 Å². The topological polar surface area (TPSA) is 55.8 Å². The molecule has 6 heteroatoms. The molecule has 0 bridgehead atoms. The Morgan fingerprint density at radius 3 is 2.70 bits per heavy atom. The Bertz CT molecular complexity index is 593. The molecule has 0 aromatic heterocycles. The van der Waals surface area contributed by atoms with E-state index < -0.39 is 9.84 Å². The summed E-state index contributed by atoms with van der Waals surface area (Å²) in [7, 11) is -3.22. The Balaban J connectivity index is 1.75. The molecule has 1 aromatic rings. The fourth-order valence-corrected chi connectivity index (χ4v) is 3.31. The number of likely N-dealkylation sites (tertiary alicyclic amines) is 1. The van der Waals surface area contributed by atoms with E-state index in [4.69, 9.17) is 9.47 Å². The maximum absolute atomic E-state index is 11.6. The van der Waals surface area contributed by atoms with Gasteiger partial charge >= 0.3 is 0 Å². The molecule has 0 spiro atoms. The Morgan fingerprint density at radius 2 is 2.00 bits per heavy atom. The normalized spacial score (nSPS) is 22.9. The highest BCUT2D eigenvalue weighted by atomic mass is 32.2. The number of sulfone groups is 1. The van der Waals surface area contributed by atoms with E-state index >= 15 is 0 Å². The van der Waals surface area contributed by atoms with Crippen LogP contribution < -0.4 is 9.47 Å². The summed E-state index contributed by atoms with van der Waals surface area (Å²) in [6.07, 6.45) is 3.64. The molecular formula is C14H19NO4S. The molecule has 5 nitrogen and oxygen atoms in total. The molecule has 20 heavy (non-hydrogen) atoms. The van der Waals surface area contributed by atoms with E-state index in [1.807, 2.05) is 0 Å². The SMILES string of the molecule is CS(=O)(=O)c1ccc2c(c1)O[C@H](CN1CCCC1)CO2. The van der Waals surface area contributed by atoms with Crippen molar-refractivity contribution in [3.05, 3.63) is 18.2 Å². The zero-order valence-electron chi connectivity index (χ0n) is 11.5. The van der Waals surface area contributed by atoms with Crippen molar-refractivity contribution in [3.8, 4) is 11.5 Å². The van der Waals surface area contributed by atoms with Crippen LogP contribution in [-0.4, -0.2) is 51.9 Å². The number of benzene rings is 1. The number of ether oxygens (including phenoxy) is 2. The first-order chi connectivity index (χ1) is 9.52. The van der Waals surface area contributed by atoms with Gasteiger partial charge < -0.3 is 9.47 Å². The Kier molecular flexibility index (Phi) is 3.60. The first kappa shape index (κ1) is 13.7. The van der Waals surface area contributed by atoms with Crippen molar-refractivity contribution >= 4 is 9.84 Å². The summed E-state index contributed by atoms with van der Waals surface area (Å²) in [6, 6.07) is 4.77. The van der Waals surface area contributed by atoms with Gasteiger partial charge in [0.25, 0.3) is 0 Å². The van der Waals surface area contributed by atoms with Crippen LogP contribution in [-0.2, 0) is 9.84 Å². The Morgan fingerprint density at radius 1 is 1.25 bits per heavy atom. The minimum absolute atomic E-state index is 0.0320. The van der Waals surface area contributed by atoms with Crippen LogP contribution in [0.5, 0.6) is 11.5 Å². The first-order valence-corrected chi connectivity index (χ1v) is 8.77. The van der Waals surface area contributed by atoms with Gasteiger partial charge in [-0.05, 0) is 38.1 Å². The van der Waals surface area contributed by atoms with Gasteiger partial charge in [-0.2, -0.15) is 0 Å². The predicted octanol–water partition coefficient (Wildman–Crippen LogP) is 1.33. The third-order valence-electron chi connectivity index (χ3n) is 3.72. The van der Waals surface area contributed by atoms with Gasteiger partial charge in [0.1, 0.15) is 12.7 Å². The van der Waals surface area contributed by atoms with Crippen molar-refractivity contribution in [2.75, 3.05) is 32.5 Å². The summed E-state index contributed by atoms with van der Waals surface area (Å²) in [5, 5.41) is 0. The molecule has 1 saturated heterocycles. The molecule has 1 atom stereocenters. The van der Waals surface area contributed by atoms with Crippen LogP contribution in [0.1, 0.15) is 12.8 Å². The second-order valence-corrected chi connectivity index (χ2v) is 7.46. The molecule has 0 unspecified atom stereocenters. The highest BCUT2D eigenvalue weighted by Crippen LogP contribution is 2.34. The van der Waals surface area contributed by atoms with Crippen molar-refractivity contribution < 1.29 is 17.9 Å². The highest BCUT2D eigenvalue weighted by Gasteiger charge is 2.25. The molecule has 0 N–H and O–H groups in total. The highest BCUT2D eigenvalue weighted by molar-refractivity contribution is 7.90. The monoisotopic (exact) mass is 297 g/mol. The van der Waals surface area contributed by atoms with E-state index in [1.165, 1.54) is 19.1 Å².